The molecule has 2 N–H and O–H groups in total. The van der Waals surface area contributed by atoms with Gasteiger partial charge in [0, 0.05) is 15.6 Å². The van der Waals surface area contributed by atoms with Crippen molar-refractivity contribution in [2.24, 2.45) is 0 Å². The number of fused-ring (bicyclic) bond motifs is 2. The van der Waals surface area contributed by atoms with Gasteiger partial charge in [0.2, 0.25) is 0 Å². The lowest BCUT2D eigenvalue weighted by Gasteiger charge is -2.21. The Morgan fingerprint density at radius 3 is 2.15 bits per heavy atom. The molecule has 0 heterocycles. The fourth-order valence-electron chi connectivity index (χ4n) is 2.41. The third kappa shape index (κ3) is 1.59. The smallest absolute Gasteiger partial charge is 0.198 e. The predicted molar refractivity (Wildman–Crippen MR) is 78.4 cm³/mol. The molecule has 1 aliphatic rings. The molecule has 2 aromatic rings. The number of ether oxygens (including phenoxy) is 1. The van der Waals surface area contributed by atoms with Gasteiger partial charge in [-0.15, -0.1) is 0 Å². The van der Waals surface area contributed by atoms with Crippen molar-refractivity contribution in [3.8, 4) is 5.75 Å². The van der Waals surface area contributed by atoms with Crippen LogP contribution >= 0.6 is 15.9 Å². The van der Waals surface area contributed by atoms with E-state index in [1.54, 1.807) is 30.3 Å². The van der Waals surface area contributed by atoms with Crippen LogP contribution in [-0.2, 0) is 0 Å². The van der Waals surface area contributed by atoms with E-state index in [0.717, 1.165) is 0 Å². The number of nitrogens with two attached hydrogens (primary N) is 1. The lowest BCUT2D eigenvalue weighted by Crippen LogP contribution is -2.23. The highest BCUT2D eigenvalue weighted by molar-refractivity contribution is 9.10. The second kappa shape index (κ2) is 4.45. The van der Waals surface area contributed by atoms with Crippen LogP contribution in [0.2, 0.25) is 0 Å². The van der Waals surface area contributed by atoms with Crippen LogP contribution in [0, 0.1) is 0 Å². The lowest BCUT2D eigenvalue weighted by atomic mass is 9.83. The molecule has 0 saturated carbocycles. The summed E-state index contributed by atoms with van der Waals surface area (Å²) in [4.78, 5) is 25.2. The van der Waals surface area contributed by atoms with Gasteiger partial charge >= 0.3 is 0 Å². The zero-order chi connectivity index (χ0) is 14.4. The average molecular weight is 332 g/mol. The first-order valence-electron chi connectivity index (χ1n) is 5.90. The van der Waals surface area contributed by atoms with Gasteiger partial charge in [-0.05, 0) is 22.0 Å². The van der Waals surface area contributed by atoms with Crippen molar-refractivity contribution in [3.05, 3.63) is 57.1 Å². The second-order valence-electron chi connectivity index (χ2n) is 4.43. The van der Waals surface area contributed by atoms with E-state index in [4.69, 9.17) is 10.5 Å². The Hall–Kier alpha value is -2.14. The van der Waals surface area contributed by atoms with Crippen molar-refractivity contribution in [2.45, 2.75) is 0 Å². The SMILES string of the molecule is COc1cc(Br)c(N)c2c1C(=O)c1ccccc1C2=O. The molecule has 1 aliphatic carbocycles. The van der Waals surface area contributed by atoms with Gasteiger partial charge in [-0.1, -0.05) is 24.3 Å². The van der Waals surface area contributed by atoms with E-state index in [9.17, 15) is 9.59 Å². The third-order valence-electron chi connectivity index (χ3n) is 3.37. The molecule has 0 atom stereocenters. The zero-order valence-corrected chi connectivity index (χ0v) is 12.2. The van der Waals surface area contributed by atoms with E-state index in [0.29, 0.717) is 21.3 Å². The molecular formula is C15H10BrNO3. The number of ketones is 2. The highest BCUT2D eigenvalue weighted by Crippen LogP contribution is 2.40. The standard InChI is InChI=1S/C15H10BrNO3/c1-20-10-6-9(16)13(17)12-11(10)14(18)7-4-2-3-5-8(7)15(12)19/h2-6H,17H2,1H3. The summed E-state index contributed by atoms with van der Waals surface area (Å²) in [7, 11) is 1.45. The first-order valence-corrected chi connectivity index (χ1v) is 6.70. The average Bonchev–Trinajstić information content (AvgIpc) is 2.47. The number of carbonyl (C=O) groups excluding carboxylic acids is 2. The summed E-state index contributed by atoms with van der Waals surface area (Å²) in [5, 5.41) is 0. The highest BCUT2D eigenvalue weighted by atomic mass is 79.9. The molecule has 0 unspecified atom stereocenters. The zero-order valence-electron chi connectivity index (χ0n) is 10.6. The van der Waals surface area contributed by atoms with Gasteiger partial charge in [0.25, 0.3) is 0 Å². The second-order valence-corrected chi connectivity index (χ2v) is 5.28. The normalized spacial score (nSPS) is 12.9. The van der Waals surface area contributed by atoms with Crippen molar-refractivity contribution in [1.29, 1.82) is 0 Å². The number of hydrogen-bond donors (Lipinski definition) is 1. The number of nitrogen functional groups attached to an aromatic ring is 1. The fourth-order valence-corrected chi connectivity index (χ4v) is 2.82. The van der Waals surface area contributed by atoms with Crippen molar-refractivity contribution in [2.75, 3.05) is 12.8 Å². The largest absolute Gasteiger partial charge is 0.496 e. The van der Waals surface area contributed by atoms with E-state index in [1.807, 2.05) is 0 Å². The summed E-state index contributed by atoms with van der Waals surface area (Å²) >= 11 is 3.28. The number of benzene rings is 2. The van der Waals surface area contributed by atoms with Crippen molar-refractivity contribution >= 4 is 33.2 Å². The molecule has 0 amide bonds. The maximum atomic E-state index is 12.6. The Morgan fingerprint density at radius 2 is 1.60 bits per heavy atom. The minimum Gasteiger partial charge on any atom is -0.496 e. The summed E-state index contributed by atoms with van der Waals surface area (Å²) < 4.78 is 5.76. The van der Waals surface area contributed by atoms with Crippen LogP contribution in [0.5, 0.6) is 5.75 Å². The number of methoxy groups -OCH3 is 1. The molecule has 0 radical (unpaired) electrons. The van der Waals surface area contributed by atoms with Crippen LogP contribution in [0.4, 0.5) is 5.69 Å². The molecule has 0 saturated heterocycles. The molecular weight excluding hydrogens is 322 g/mol. The molecule has 4 nitrogen and oxygen atoms in total. The van der Waals surface area contributed by atoms with Gasteiger partial charge in [0.1, 0.15) is 5.75 Å². The number of hydrogen-bond acceptors (Lipinski definition) is 4. The Morgan fingerprint density at radius 1 is 1.05 bits per heavy atom. The third-order valence-corrected chi connectivity index (χ3v) is 4.03. The van der Waals surface area contributed by atoms with Crippen LogP contribution < -0.4 is 10.5 Å². The van der Waals surface area contributed by atoms with Gasteiger partial charge in [0.15, 0.2) is 11.6 Å². The summed E-state index contributed by atoms with van der Waals surface area (Å²) in [6.07, 6.45) is 0. The first kappa shape index (κ1) is 12.9. The van der Waals surface area contributed by atoms with Crippen molar-refractivity contribution in [3.63, 3.8) is 0 Å². The number of anilines is 1. The quantitative estimate of drug-likeness (QED) is 0.696. The molecule has 0 aromatic heterocycles. The Balaban J connectivity index is 2.41. The van der Waals surface area contributed by atoms with Gasteiger partial charge in [-0.3, -0.25) is 9.59 Å². The first-order chi connectivity index (χ1) is 9.56. The summed E-state index contributed by atoms with van der Waals surface area (Å²) in [6, 6.07) is 8.32. The van der Waals surface area contributed by atoms with Gasteiger partial charge in [-0.25, -0.2) is 0 Å². The number of halogens is 1. The minimum absolute atomic E-state index is 0.208. The molecule has 0 fully saturated rings. The van der Waals surface area contributed by atoms with Crippen LogP contribution in [0.15, 0.2) is 34.8 Å². The monoisotopic (exact) mass is 331 g/mol. The maximum Gasteiger partial charge on any atom is 0.198 e. The Kier molecular flexibility index (Phi) is 2.87. The van der Waals surface area contributed by atoms with Gasteiger partial charge in [0.05, 0.1) is 23.9 Å². The maximum absolute atomic E-state index is 12.6. The predicted octanol–water partition coefficient (Wildman–Crippen LogP) is 2.82. The van der Waals surface area contributed by atoms with E-state index in [1.165, 1.54) is 7.11 Å². The number of rotatable bonds is 1. The van der Waals surface area contributed by atoms with Crippen LogP contribution in [0.1, 0.15) is 31.8 Å². The molecule has 0 aliphatic heterocycles. The van der Waals surface area contributed by atoms with E-state index >= 15 is 0 Å². The van der Waals surface area contributed by atoms with Crippen LogP contribution in [0.3, 0.4) is 0 Å². The van der Waals surface area contributed by atoms with Crippen molar-refractivity contribution < 1.29 is 14.3 Å². The molecule has 2 aromatic carbocycles. The lowest BCUT2D eigenvalue weighted by molar-refractivity contribution is 0.0977. The van der Waals surface area contributed by atoms with E-state index < -0.39 is 0 Å². The molecule has 0 spiro atoms. The molecule has 100 valence electrons. The van der Waals surface area contributed by atoms with E-state index in [2.05, 4.69) is 15.9 Å². The van der Waals surface area contributed by atoms with Gasteiger partial charge < -0.3 is 10.5 Å². The summed E-state index contributed by atoms with van der Waals surface area (Å²) in [6.45, 7) is 0. The van der Waals surface area contributed by atoms with Crippen LogP contribution in [-0.4, -0.2) is 18.7 Å². The molecule has 3 rings (SSSR count). The van der Waals surface area contributed by atoms with E-state index in [-0.39, 0.29) is 28.4 Å². The number of carbonyl (C=O) groups is 2. The summed E-state index contributed by atoms with van der Waals surface area (Å²) in [5.41, 5.74) is 7.41. The molecule has 20 heavy (non-hydrogen) atoms. The highest BCUT2D eigenvalue weighted by Gasteiger charge is 2.34. The fraction of sp³-hybridized carbons (Fsp3) is 0.0667. The topological polar surface area (TPSA) is 69.4 Å². The van der Waals surface area contributed by atoms with Crippen molar-refractivity contribution in [1.82, 2.24) is 0 Å². The Bertz CT molecular complexity index is 768. The molecule has 0 bridgehead atoms. The van der Waals surface area contributed by atoms with Gasteiger partial charge in [-0.2, -0.15) is 0 Å². The Labute approximate surface area is 123 Å². The minimum atomic E-state index is -0.257. The summed E-state index contributed by atoms with van der Waals surface area (Å²) in [5.74, 6) is -0.160. The molecule has 5 heteroatoms. The van der Waals surface area contributed by atoms with Crippen LogP contribution in [0.25, 0.3) is 0 Å².